The van der Waals surface area contributed by atoms with Gasteiger partial charge in [0.15, 0.2) is 0 Å². The Hall–Kier alpha value is -1.06. The van der Waals surface area contributed by atoms with Crippen molar-refractivity contribution in [1.82, 2.24) is 0 Å². The quantitative estimate of drug-likeness (QED) is 0.752. The van der Waals surface area contributed by atoms with Crippen LogP contribution in [0.25, 0.3) is 0 Å². The van der Waals surface area contributed by atoms with E-state index in [-0.39, 0.29) is 0 Å². The zero-order valence-electron chi connectivity index (χ0n) is 8.25. The summed E-state index contributed by atoms with van der Waals surface area (Å²) in [6.07, 6.45) is 0. The molecule has 0 aliphatic carbocycles. The van der Waals surface area contributed by atoms with E-state index in [0.717, 1.165) is 0 Å². The second kappa shape index (κ2) is 4.64. The van der Waals surface area contributed by atoms with Crippen molar-refractivity contribution in [2.75, 3.05) is 11.9 Å². The number of amides is 1. The smallest absolute Gasteiger partial charge is 0.293 e. The molecule has 0 fully saturated rings. The van der Waals surface area contributed by atoms with Gasteiger partial charge in [0.2, 0.25) is 5.78 Å². The maximum Gasteiger partial charge on any atom is 0.293 e. The molecule has 0 aliphatic heterocycles. The number of rotatable bonds is 2. The first kappa shape index (κ1) is 12.0. The molecule has 0 aromatic heterocycles. The van der Waals surface area contributed by atoms with E-state index in [1.807, 2.05) is 0 Å². The highest BCUT2D eigenvalue weighted by Crippen LogP contribution is 2.26. The maximum absolute atomic E-state index is 11.3. The Morgan fingerprint density at radius 1 is 1.20 bits per heavy atom. The Labute approximate surface area is 97.6 Å². The van der Waals surface area contributed by atoms with Crippen molar-refractivity contribution in [3.05, 3.63) is 28.2 Å². The van der Waals surface area contributed by atoms with E-state index in [0.29, 0.717) is 15.7 Å². The number of Topliss-reactive ketones (excluding diaryl/α,β-unsaturated/α-hetero) is 1. The van der Waals surface area contributed by atoms with Gasteiger partial charge in [-0.15, -0.1) is 0 Å². The molecule has 0 N–H and O–H groups in total. The number of halogens is 2. The van der Waals surface area contributed by atoms with Crippen molar-refractivity contribution in [2.45, 2.75) is 6.92 Å². The molecule has 0 atom stereocenters. The van der Waals surface area contributed by atoms with Crippen molar-refractivity contribution in [2.24, 2.45) is 0 Å². The molecule has 0 saturated heterocycles. The van der Waals surface area contributed by atoms with Crippen LogP contribution in [0.1, 0.15) is 6.92 Å². The number of hydrogen-bond donors (Lipinski definition) is 0. The summed E-state index contributed by atoms with van der Waals surface area (Å²) in [6.45, 7) is 1.22. The number of hydrogen-bond acceptors (Lipinski definition) is 2. The van der Waals surface area contributed by atoms with Gasteiger partial charge in [-0.1, -0.05) is 23.2 Å². The fourth-order valence-corrected chi connectivity index (χ4v) is 1.34. The van der Waals surface area contributed by atoms with E-state index < -0.39 is 11.7 Å². The lowest BCUT2D eigenvalue weighted by Gasteiger charge is -2.15. The SMILES string of the molecule is CC(=O)C(=O)N(C)c1ccc(Cl)c(Cl)c1. The summed E-state index contributed by atoms with van der Waals surface area (Å²) in [5, 5.41) is 0.751. The molecule has 3 nitrogen and oxygen atoms in total. The lowest BCUT2D eigenvalue weighted by atomic mass is 10.2. The van der Waals surface area contributed by atoms with E-state index in [2.05, 4.69) is 0 Å². The predicted molar refractivity (Wildman–Crippen MR) is 60.6 cm³/mol. The topological polar surface area (TPSA) is 37.4 Å². The molecule has 0 saturated carbocycles. The largest absolute Gasteiger partial charge is 0.309 e. The number of likely N-dealkylation sites (N-methyl/N-ethyl adjacent to an activating group) is 1. The molecule has 1 aromatic carbocycles. The third-order valence-corrected chi connectivity index (χ3v) is 2.64. The van der Waals surface area contributed by atoms with Gasteiger partial charge < -0.3 is 4.90 Å². The Morgan fingerprint density at radius 3 is 2.27 bits per heavy atom. The number of nitrogens with zero attached hydrogens (tertiary/aromatic N) is 1. The number of ketones is 1. The third-order valence-electron chi connectivity index (χ3n) is 1.90. The average molecular weight is 246 g/mol. The summed E-state index contributed by atoms with van der Waals surface area (Å²) in [4.78, 5) is 23.4. The van der Waals surface area contributed by atoms with Gasteiger partial charge in [0.05, 0.1) is 10.0 Å². The Balaban J connectivity index is 3.02. The van der Waals surface area contributed by atoms with Crippen LogP contribution in [0.3, 0.4) is 0 Å². The lowest BCUT2D eigenvalue weighted by molar-refractivity contribution is -0.134. The fourth-order valence-electron chi connectivity index (χ4n) is 1.05. The molecule has 0 unspecified atom stereocenters. The first-order chi connectivity index (χ1) is 6.93. The van der Waals surface area contributed by atoms with Crippen LogP contribution in [0.5, 0.6) is 0 Å². The highest BCUT2D eigenvalue weighted by atomic mass is 35.5. The summed E-state index contributed by atoms with van der Waals surface area (Å²) in [5.41, 5.74) is 0.532. The van der Waals surface area contributed by atoms with Gasteiger partial charge in [-0.25, -0.2) is 0 Å². The van der Waals surface area contributed by atoms with Gasteiger partial charge in [-0.05, 0) is 18.2 Å². The highest BCUT2D eigenvalue weighted by Gasteiger charge is 2.15. The van der Waals surface area contributed by atoms with E-state index >= 15 is 0 Å². The minimum atomic E-state index is -0.589. The number of carbonyl (C=O) groups excluding carboxylic acids is 2. The van der Waals surface area contributed by atoms with Crippen LogP contribution in [-0.4, -0.2) is 18.7 Å². The van der Waals surface area contributed by atoms with Crippen LogP contribution in [0.2, 0.25) is 10.0 Å². The van der Waals surface area contributed by atoms with E-state index in [1.54, 1.807) is 12.1 Å². The molecule has 1 amide bonds. The summed E-state index contributed by atoms with van der Waals surface area (Å²) in [6, 6.07) is 4.73. The van der Waals surface area contributed by atoms with Gasteiger partial charge in [-0.2, -0.15) is 0 Å². The first-order valence-electron chi connectivity index (χ1n) is 4.17. The molecule has 0 heterocycles. The fraction of sp³-hybridized carbons (Fsp3) is 0.200. The molecular formula is C10H9Cl2NO2. The van der Waals surface area contributed by atoms with Crippen molar-refractivity contribution in [1.29, 1.82) is 0 Å². The zero-order chi connectivity index (χ0) is 11.6. The van der Waals surface area contributed by atoms with Gasteiger partial charge in [0, 0.05) is 19.7 Å². The Morgan fingerprint density at radius 2 is 1.80 bits per heavy atom. The van der Waals surface area contributed by atoms with Crippen molar-refractivity contribution in [3.63, 3.8) is 0 Å². The van der Waals surface area contributed by atoms with Crippen LogP contribution in [0.15, 0.2) is 18.2 Å². The van der Waals surface area contributed by atoms with Crippen LogP contribution < -0.4 is 4.90 Å². The average Bonchev–Trinajstić information content (AvgIpc) is 2.19. The van der Waals surface area contributed by atoms with Crippen molar-refractivity contribution >= 4 is 40.6 Å². The van der Waals surface area contributed by atoms with E-state index in [1.165, 1.54) is 24.9 Å². The standard InChI is InChI=1S/C10H9Cl2NO2/c1-6(14)10(15)13(2)7-3-4-8(11)9(12)5-7/h3-5H,1-2H3. The Bertz CT molecular complexity index is 418. The summed E-state index contributed by atoms with van der Waals surface area (Å²) < 4.78 is 0. The molecule has 1 aromatic rings. The molecule has 5 heteroatoms. The van der Waals surface area contributed by atoms with Crippen molar-refractivity contribution < 1.29 is 9.59 Å². The molecule has 15 heavy (non-hydrogen) atoms. The van der Waals surface area contributed by atoms with Gasteiger partial charge in [0.1, 0.15) is 0 Å². The highest BCUT2D eigenvalue weighted by molar-refractivity contribution is 6.43. The van der Waals surface area contributed by atoms with Crippen molar-refractivity contribution in [3.8, 4) is 0 Å². The number of benzene rings is 1. The molecule has 0 radical (unpaired) electrons. The first-order valence-corrected chi connectivity index (χ1v) is 4.92. The number of carbonyl (C=O) groups is 2. The third kappa shape index (κ3) is 2.70. The second-order valence-corrected chi connectivity index (χ2v) is 3.83. The summed E-state index contributed by atoms with van der Waals surface area (Å²) >= 11 is 11.5. The zero-order valence-corrected chi connectivity index (χ0v) is 9.76. The predicted octanol–water partition coefficient (Wildman–Crippen LogP) is 2.55. The number of anilines is 1. The molecule has 0 aliphatic rings. The van der Waals surface area contributed by atoms with E-state index in [9.17, 15) is 9.59 Å². The summed E-state index contributed by atoms with van der Waals surface area (Å²) in [5.74, 6) is -1.11. The molecule has 80 valence electrons. The van der Waals surface area contributed by atoms with Gasteiger partial charge >= 0.3 is 0 Å². The summed E-state index contributed by atoms with van der Waals surface area (Å²) in [7, 11) is 1.50. The normalized spacial score (nSPS) is 9.87. The minimum absolute atomic E-state index is 0.345. The molecule has 1 rings (SSSR count). The lowest BCUT2D eigenvalue weighted by Crippen LogP contribution is -2.31. The van der Waals surface area contributed by atoms with Gasteiger partial charge in [-0.3, -0.25) is 9.59 Å². The van der Waals surface area contributed by atoms with Gasteiger partial charge in [0.25, 0.3) is 5.91 Å². The monoisotopic (exact) mass is 245 g/mol. The second-order valence-electron chi connectivity index (χ2n) is 3.02. The van der Waals surface area contributed by atoms with E-state index in [4.69, 9.17) is 23.2 Å². The molecule has 0 bridgehead atoms. The maximum atomic E-state index is 11.3. The molecular weight excluding hydrogens is 237 g/mol. The van der Waals surface area contributed by atoms with Crippen LogP contribution >= 0.6 is 23.2 Å². The minimum Gasteiger partial charge on any atom is -0.309 e. The molecule has 0 spiro atoms. The Kier molecular flexibility index (Phi) is 3.72. The van der Waals surface area contributed by atoms with Crippen LogP contribution in [0.4, 0.5) is 5.69 Å². The van der Waals surface area contributed by atoms with Crippen LogP contribution in [-0.2, 0) is 9.59 Å². The van der Waals surface area contributed by atoms with Crippen LogP contribution in [0, 0.1) is 0 Å².